The first-order chi connectivity index (χ1) is 22.9. The van der Waals surface area contributed by atoms with Gasteiger partial charge in [0.15, 0.2) is 0 Å². The van der Waals surface area contributed by atoms with Crippen LogP contribution >= 0.6 is 20.2 Å². The second kappa shape index (κ2) is 15.8. The summed E-state index contributed by atoms with van der Waals surface area (Å²) >= 11 is -1.92. The standard InChI is InChI=1S/C35H46IN5O6/c1-23-31(45-3)11-10-29(39-23)25-6-4-24(5-7-25)21-41(32-20-28(14-17-37-32)30-22-46-33(40-30)26-8-9-26)34(42)27-12-15-36(16-13-27)47-35(43)38-18-19-44-2/h10-11,14,17,20,22,24-27H,4-9,12-13,15-16,18-19,21H2,1-3H3,(H,38,43). The SMILES string of the molecule is COCCNC(=O)OI1CCC(C(=O)N(CC2CCC(c3ccc(OC)c(C)n3)CC2)c2cc(-c3coc(C4CC4)n3)ccn2)CC1. The van der Waals surface area contributed by atoms with Gasteiger partial charge in [-0.1, -0.05) is 0 Å². The molecule has 2 amide bonds. The van der Waals surface area contributed by atoms with E-state index in [9.17, 15) is 9.59 Å². The van der Waals surface area contributed by atoms with Crippen LogP contribution in [0.15, 0.2) is 41.1 Å². The molecule has 254 valence electrons. The molecule has 3 aromatic rings. The maximum atomic E-state index is 14.3. The minimum atomic E-state index is -1.92. The number of carbonyl (C=O) groups is 2. The Labute approximate surface area is 284 Å². The molecule has 0 unspecified atom stereocenters. The maximum absolute atomic E-state index is 14.3. The number of hydrogen-bond acceptors (Lipinski definition) is 9. The number of halogens is 1. The molecule has 1 aliphatic heterocycles. The van der Waals surface area contributed by atoms with E-state index in [2.05, 4.69) is 11.4 Å². The fraction of sp³-hybridized carbons (Fsp3) is 0.571. The summed E-state index contributed by atoms with van der Waals surface area (Å²) in [6, 6.07) is 8.02. The normalized spacial score (nSPS) is 20.9. The first-order valence-electron chi connectivity index (χ1n) is 16.7. The summed E-state index contributed by atoms with van der Waals surface area (Å²) in [5.41, 5.74) is 3.72. The number of aryl methyl sites for hydroxylation is 1. The minimum absolute atomic E-state index is 0.114. The van der Waals surface area contributed by atoms with Gasteiger partial charge >= 0.3 is 236 Å². The van der Waals surface area contributed by atoms with E-state index in [1.807, 2.05) is 30.0 Å². The molecule has 1 saturated heterocycles. The number of methoxy groups -OCH3 is 2. The molecule has 0 atom stereocenters. The molecule has 11 nitrogen and oxygen atoms in total. The number of amides is 2. The second-order valence-corrected chi connectivity index (χ2v) is 17.7. The summed E-state index contributed by atoms with van der Waals surface area (Å²) in [6.45, 7) is 3.49. The van der Waals surface area contributed by atoms with Crippen LogP contribution in [0.5, 0.6) is 5.75 Å². The molecule has 47 heavy (non-hydrogen) atoms. The van der Waals surface area contributed by atoms with Crippen molar-refractivity contribution >= 4 is 38.1 Å². The molecule has 2 saturated carbocycles. The van der Waals surface area contributed by atoms with Crippen LogP contribution in [0.2, 0.25) is 0 Å². The van der Waals surface area contributed by atoms with Crippen molar-refractivity contribution in [2.75, 3.05) is 47.7 Å². The molecule has 0 bridgehead atoms. The molecule has 0 aromatic carbocycles. The molecule has 1 N–H and O–H groups in total. The molecule has 0 radical (unpaired) electrons. The van der Waals surface area contributed by atoms with Gasteiger partial charge in [0.1, 0.15) is 5.75 Å². The van der Waals surface area contributed by atoms with Gasteiger partial charge in [-0.3, -0.25) is 0 Å². The fourth-order valence-corrected chi connectivity index (χ4v) is 11.1. The van der Waals surface area contributed by atoms with E-state index in [0.717, 1.165) is 94.5 Å². The summed E-state index contributed by atoms with van der Waals surface area (Å²) < 4.78 is 23.6. The second-order valence-electron chi connectivity index (χ2n) is 12.8. The van der Waals surface area contributed by atoms with Crippen LogP contribution in [0.1, 0.15) is 80.5 Å². The van der Waals surface area contributed by atoms with E-state index in [1.165, 1.54) is 0 Å². The van der Waals surface area contributed by atoms with Crippen LogP contribution in [-0.4, -0.2) is 69.7 Å². The third kappa shape index (κ3) is 8.62. The van der Waals surface area contributed by atoms with E-state index >= 15 is 0 Å². The summed E-state index contributed by atoms with van der Waals surface area (Å²) in [5, 5.41) is 2.75. The van der Waals surface area contributed by atoms with Gasteiger partial charge in [-0.05, 0) is 25.8 Å². The molecule has 6 rings (SSSR count). The number of aromatic nitrogens is 3. The third-order valence-corrected chi connectivity index (χ3v) is 14.1. The quantitative estimate of drug-likeness (QED) is 0.120. The van der Waals surface area contributed by atoms with Crippen molar-refractivity contribution in [3.63, 3.8) is 0 Å². The number of oxazole rings is 1. The van der Waals surface area contributed by atoms with Crippen LogP contribution in [0.4, 0.5) is 10.6 Å². The first kappa shape index (κ1) is 33.6. The first-order valence-corrected chi connectivity index (χ1v) is 20.7. The molecule has 3 aliphatic rings. The number of pyridine rings is 2. The van der Waals surface area contributed by atoms with E-state index in [-0.39, 0.29) is 17.9 Å². The third-order valence-electron chi connectivity index (χ3n) is 9.46. The van der Waals surface area contributed by atoms with Gasteiger partial charge < -0.3 is 4.74 Å². The Hall–Kier alpha value is -3.26. The van der Waals surface area contributed by atoms with Crippen LogP contribution < -0.4 is 15.0 Å². The Morgan fingerprint density at radius 3 is 2.47 bits per heavy atom. The van der Waals surface area contributed by atoms with Crippen LogP contribution in [0, 0.1) is 18.8 Å². The molecular formula is C35H46IN5O6. The topological polar surface area (TPSA) is 129 Å². The van der Waals surface area contributed by atoms with Gasteiger partial charge in [0.25, 0.3) is 0 Å². The Morgan fingerprint density at radius 1 is 1.00 bits per heavy atom. The molecular weight excluding hydrogens is 713 g/mol. The molecule has 4 heterocycles. The number of hydrogen-bond donors (Lipinski definition) is 1. The zero-order valence-corrected chi connectivity index (χ0v) is 29.7. The van der Waals surface area contributed by atoms with Gasteiger partial charge in [0, 0.05) is 0 Å². The molecule has 0 spiro atoms. The van der Waals surface area contributed by atoms with Crippen molar-refractivity contribution in [2.45, 2.75) is 70.1 Å². The van der Waals surface area contributed by atoms with Gasteiger partial charge in [-0.15, -0.1) is 0 Å². The van der Waals surface area contributed by atoms with E-state index < -0.39 is 20.2 Å². The summed E-state index contributed by atoms with van der Waals surface area (Å²) in [5.74, 6) is 3.45. The van der Waals surface area contributed by atoms with Crippen molar-refractivity contribution in [3.05, 3.63) is 54.0 Å². The Bertz CT molecular complexity index is 1510. The Morgan fingerprint density at radius 2 is 1.77 bits per heavy atom. The molecule has 12 heteroatoms. The number of nitrogens with one attached hydrogen (secondary N) is 1. The van der Waals surface area contributed by atoms with Crippen LogP contribution in [0.3, 0.4) is 0 Å². The zero-order valence-electron chi connectivity index (χ0n) is 27.6. The van der Waals surface area contributed by atoms with Gasteiger partial charge in [-0.25, -0.2) is 0 Å². The van der Waals surface area contributed by atoms with Crippen LogP contribution in [0.25, 0.3) is 11.3 Å². The number of alkyl halides is 2. The van der Waals surface area contributed by atoms with Crippen molar-refractivity contribution in [1.82, 2.24) is 20.3 Å². The Kier molecular flexibility index (Phi) is 11.3. The van der Waals surface area contributed by atoms with Gasteiger partial charge in [-0.2, -0.15) is 0 Å². The number of carbonyl (C=O) groups excluding carboxylic acids is 2. The predicted molar refractivity (Wildman–Crippen MR) is 187 cm³/mol. The fourth-order valence-electron chi connectivity index (χ4n) is 6.54. The predicted octanol–water partition coefficient (Wildman–Crippen LogP) is 6.84. The van der Waals surface area contributed by atoms with Crippen molar-refractivity contribution in [3.8, 4) is 17.0 Å². The van der Waals surface area contributed by atoms with Gasteiger partial charge in [0.2, 0.25) is 0 Å². The molecule has 2 aliphatic carbocycles. The van der Waals surface area contributed by atoms with Crippen molar-refractivity contribution in [2.24, 2.45) is 11.8 Å². The monoisotopic (exact) mass is 759 g/mol. The van der Waals surface area contributed by atoms with Crippen molar-refractivity contribution in [1.29, 1.82) is 0 Å². The van der Waals surface area contributed by atoms with E-state index in [1.54, 1.807) is 26.7 Å². The summed E-state index contributed by atoms with van der Waals surface area (Å²) in [6.07, 6.45) is 10.9. The average molecular weight is 760 g/mol. The molecule has 3 aromatic heterocycles. The van der Waals surface area contributed by atoms with Gasteiger partial charge in [0.05, 0.1) is 12.8 Å². The number of nitrogens with zero attached hydrogens (tertiary/aromatic N) is 4. The van der Waals surface area contributed by atoms with Crippen LogP contribution in [-0.2, 0) is 12.6 Å². The van der Waals surface area contributed by atoms with E-state index in [4.69, 9.17) is 31.9 Å². The summed E-state index contributed by atoms with van der Waals surface area (Å²) in [4.78, 5) is 42.8. The number of ether oxygens (including phenoxy) is 2. The summed E-state index contributed by atoms with van der Waals surface area (Å²) in [7, 11) is 3.27. The number of anilines is 1. The molecule has 3 fully saturated rings. The van der Waals surface area contributed by atoms with E-state index in [0.29, 0.717) is 43.3 Å². The van der Waals surface area contributed by atoms with Crippen molar-refractivity contribution < 1.29 is 26.5 Å². The average Bonchev–Trinajstić information content (AvgIpc) is 3.83. The Balaban J connectivity index is 1.14. The number of rotatable bonds is 12. The zero-order chi connectivity index (χ0) is 32.8.